The second-order valence-corrected chi connectivity index (χ2v) is 5.36. The van der Waals surface area contributed by atoms with Crippen LogP contribution < -0.4 is 5.73 Å². The summed E-state index contributed by atoms with van der Waals surface area (Å²) in [6.07, 6.45) is 2.42. The minimum Gasteiger partial charge on any atom is -0.330 e. The molecule has 86 valence electrons. The van der Waals surface area contributed by atoms with Crippen LogP contribution in [0.1, 0.15) is 11.3 Å². The molecule has 2 heterocycles. The van der Waals surface area contributed by atoms with Gasteiger partial charge in [0.25, 0.3) is 0 Å². The van der Waals surface area contributed by atoms with Gasteiger partial charge in [-0.25, -0.2) is 4.98 Å². The minimum atomic E-state index is 0.635. The summed E-state index contributed by atoms with van der Waals surface area (Å²) < 4.78 is 6.80. The number of hydrogen-bond acceptors (Lipinski definition) is 6. The molecular weight excluding hydrogens is 242 g/mol. The second kappa shape index (κ2) is 4.94. The third-order valence-electron chi connectivity index (χ3n) is 2.21. The van der Waals surface area contributed by atoms with Crippen molar-refractivity contribution >= 4 is 23.3 Å². The van der Waals surface area contributed by atoms with Crippen LogP contribution in [0.2, 0.25) is 0 Å². The molecule has 0 atom stereocenters. The van der Waals surface area contributed by atoms with Gasteiger partial charge in [0, 0.05) is 12.6 Å². The summed E-state index contributed by atoms with van der Waals surface area (Å²) in [7, 11) is 1.94. The van der Waals surface area contributed by atoms with E-state index in [1.165, 1.54) is 17.1 Å². The monoisotopic (exact) mass is 255 g/mol. The Morgan fingerprint density at radius 1 is 1.56 bits per heavy atom. The molecule has 0 amide bonds. The Balaban J connectivity index is 2.31. The lowest BCUT2D eigenvalue weighted by atomic mass is 10.2. The van der Waals surface area contributed by atoms with Gasteiger partial charge < -0.3 is 5.73 Å². The molecule has 0 aliphatic rings. The van der Waals surface area contributed by atoms with Crippen molar-refractivity contribution < 1.29 is 0 Å². The van der Waals surface area contributed by atoms with Gasteiger partial charge in [0.1, 0.15) is 11.4 Å². The normalized spacial score (nSPS) is 10.9. The highest BCUT2D eigenvalue weighted by Gasteiger charge is 2.14. The summed E-state index contributed by atoms with van der Waals surface area (Å²) in [5, 5.41) is 5.52. The number of hydrogen-bond donors (Lipinski definition) is 1. The van der Waals surface area contributed by atoms with Crippen molar-refractivity contribution in [3.63, 3.8) is 0 Å². The lowest BCUT2D eigenvalue weighted by Gasteiger charge is -2.02. The Morgan fingerprint density at radius 3 is 3.00 bits per heavy atom. The minimum absolute atomic E-state index is 0.635. The zero-order valence-electron chi connectivity index (χ0n) is 9.17. The third kappa shape index (κ3) is 2.26. The van der Waals surface area contributed by atoms with E-state index in [4.69, 9.17) is 5.73 Å². The lowest BCUT2D eigenvalue weighted by Crippen LogP contribution is -2.04. The van der Waals surface area contributed by atoms with E-state index in [0.29, 0.717) is 6.54 Å². The number of aryl methyl sites for hydroxylation is 2. The van der Waals surface area contributed by atoms with Crippen LogP contribution in [0.5, 0.6) is 0 Å². The Morgan fingerprint density at radius 2 is 2.38 bits per heavy atom. The van der Waals surface area contributed by atoms with E-state index in [9.17, 15) is 0 Å². The number of nitrogens with zero attached hydrogens (tertiary/aromatic N) is 4. The van der Waals surface area contributed by atoms with Crippen molar-refractivity contribution in [1.82, 2.24) is 19.1 Å². The molecule has 0 bridgehead atoms. The van der Waals surface area contributed by atoms with Crippen molar-refractivity contribution in [1.29, 1.82) is 0 Å². The van der Waals surface area contributed by atoms with Gasteiger partial charge in [-0.05, 0) is 43.2 Å². The van der Waals surface area contributed by atoms with Crippen LogP contribution in [0, 0.1) is 6.92 Å². The molecule has 0 saturated heterocycles. The summed E-state index contributed by atoms with van der Waals surface area (Å²) >= 11 is 2.99. The van der Waals surface area contributed by atoms with Crippen LogP contribution in [0.25, 0.3) is 0 Å². The van der Waals surface area contributed by atoms with Gasteiger partial charge in [0.05, 0.1) is 5.69 Å². The van der Waals surface area contributed by atoms with Crippen molar-refractivity contribution in [2.45, 2.75) is 22.7 Å². The topological polar surface area (TPSA) is 69.6 Å². The van der Waals surface area contributed by atoms with Gasteiger partial charge in [-0.2, -0.15) is 9.47 Å². The fourth-order valence-electron chi connectivity index (χ4n) is 1.53. The van der Waals surface area contributed by atoms with Gasteiger partial charge in [-0.15, -0.1) is 0 Å². The van der Waals surface area contributed by atoms with E-state index in [2.05, 4.69) is 14.5 Å². The van der Waals surface area contributed by atoms with Gasteiger partial charge in [-0.1, -0.05) is 0 Å². The molecular formula is C9H13N5S2. The molecule has 0 aliphatic heterocycles. The highest BCUT2D eigenvalue weighted by Crippen LogP contribution is 2.32. The average molecular weight is 255 g/mol. The van der Waals surface area contributed by atoms with Gasteiger partial charge in [0.15, 0.2) is 4.34 Å². The van der Waals surface area contributed by atoms with E-state index in [1.807, 2.05) is 18.7 Å². The Kier molecular flexibility index (Phi) is 3.57. The SMILES string of the molecule is Cc1nn(C)c(Sc2ncns2)c1CCN. The lowest BCUT2D eigenvalue weighted by molar-refractivity contribution is 0.688. The number of aromatic nitrogens is 4. The molecule has 16 heavy (non-hydrogen) atoms. The smallest absolute Gasteiger partial charge is 0.175 e. The first-order valence-electron chi connectivity index (χ1n) is 4.89. The molecule has 2 N–H and O–H groups in total. The maximum absolute atomic E-state index is 5.61. The van der Waals surface area contributed by atoms with Crippen molar-refractivity contribution in [3.8, 4) is 0 Å². The Hall–Kier alpha value is -0.920. The van der Waals surface area contributed by atoms with Crippen molar-refractivity contribution in [2.75, 3.05) is 6.54 Å². The summed E-state index contributed by atoms with van der Waals surface area (Å²) in [5.41, 5.74) is 7.86. The summed E-state index contributed by atoms with van der Waals surface area (Å²) in [6, 6.07) is 0. The third-order valence-corrected chi connectivity index (χ3v) is 4.13. The summed E-state index contributed by atoms with van der Waals surface area (Å²) in [4.78, 5) is 4.16. The molecule has 2 aromatic rings. The predicted molar refractivity (Wildman–Crippen MR) is 64.7 cm³/mol. The van der Waals surface area contributed by atoms with Gasteiger partial charge in [0.2, 0.25) is 0 Å². The first-order chi connectivity index (χ1) is 7.72. The van der Waals surface area contributed by atoms with Gasteiger partial charge >= 0.3 is 0 Å². The Labute approximate surface area is 102 Å². The highest BCUT2D eigenvalue weighted by molar-refractivity contribution is 8.00. The van der Waals surface area contributed by atoms with Crippen LogP contribution in [0.3, 0.4) is 0 Å². The maximum Gasteiger partial charge on any atom is 0.175 e. The predicted octanol–water partition coefficient (Wildman–Crippen LogP) is 1.23. The zero-order valence-corrected chi connectivity index (χ0v) is 10.8. The van der Waals surface area contributed by atoms with E-state index < -0.39 is 0 Å². The van der Waals surface area contributed by atoms with E-state index in [1.54, 1.807) is 18.1 Å². The molecule has 2 aromatic heterocycles. The molecule has 0 saturated carbocycles. The van der Waals surface area contributed by atoms with Crippen LogP contribution in [0.15, 0.2) is 15.7 Å². The molecule has 7 heteroatoms. The van der Waals surface area contributed by atoms with Crippen molar-refractivity contribution in [3.05, 3.63) is 17.6 Å². The second-order valence-electron chi connectivity index (χ2n) is 3.34. The van der Waals surface area contributed by atoms with E-state index >= 15 is 0 Å². The summed E-state index contributed by atoms with van der Waals surface area (Å²) in [6.45, 7) is 2.64. The van der Waals surface area contributed by atoms with Crippen LogP contribution in [-0.4, -0.2) is 25.7 Å². The highest BCUT2D eigenvalue weighted by atomic mass is 32.2. The molecule has 0 spiro atoms. The largest absolute Gasteiger partial charge is 0.330 e. The maximum atomic E-state index is 5.61. The number of rotatable bonds is 4. The Bertz CT molecular complexity index is 462. The quantitative estimate of drug-likeness (QED) is 0.890. The fraction of sp³-hybridized carbons (Fsp3) is 0.444. The first kappa shape index (κ1) is 11.6. The van der Waals surface area contributed by atoms with Gasteiger partial charge in [-0.3, -0.25) is 4.68 Å². The molecule has 2 rings (SSSR count). The van der Waals surface area contributed by atoms with E-state index in [0.717, 1.165) is 21.5 Å². The molecule has 0 aromatic carbocycles. The summed E-state index contributed by atoms with van der Waals surface area (Å²) in [5.74, 6) is 0. The first-order valence-corrected chi connectivity index (χ1v) is 6.48. The molecule has 5 nitrogen and oxygen atoms in total. The molecule has 0 aliphatic carbocycles. The van der Waals surface area contributed by atoms with Crippen LogP contribution >= 0.6 is 23.3 Å². The fourth-order valence-corrected chi connectivity index (χ4v) is 3.14. The average Bonchev–Trinajstić information content (AvgIpc) is 2.82. The van der Waals surface area contributed by atoms with Crippen LogP contribution in [-0.2, 0) is 13.5 Å². The van der Waals surface area contributed by atoms with E-state index in [-0.39, 0.29) is 0 Å². The zero-order chi connectivity index (χ0) is 11.5. The molecule has 0 radical (unpaired) electrons. The molecule has 0 unspecified atom stereocenters. The van der Waals surface area contributed by atoms with Crippen molar-refractivity contribution in [2.24, 2.45) is 12.8 Å². The number of nitrogens with two attached hydrogens (primary N) is 1. The van der Waals surface area contributed by atoms with Crippen LogP contribution in [0.4, 0.5) is 0 Å². The standard InChI is InChI=1S/C9H13N5S2/c1-6-7(3-4-10)8(14(2)13-6)15-9-11-5-12-16-9/h5H,3-4,10H2,1-2H3. The molecule has 0 fully saturated rings.